The first-order chi connectivity index (χ1) is 10.1. The first-order valence-corrected chi connectivity index (χ1v) is 6.91. The zero-order valence-corrected chi connectivity index (χ0v) is 12.3. The summed E-state index contributed by atoms with van der Waals surface area (Å²) in [7, 11) is 0. The van der Waals surface area contributed by atoms with Crippen LogP contribution in [0.1, 0.15) is 29.2 Å². The Labute approximate surface area is 124 Å². The minimum Gasteiger partial charge on any atom is -0.388 e. The second-order valence-corrected chi connectivity index (χ2v) is 5.12. The number of aliphatic hydroxyl groups is 1. The smallest absolute Gasteiger partial charge is 0.241 e. The quantitative estimate of drug-likeness (QED) is 0.740. The van der Waals surface area contributed by atoms with Gasteiger partial charge in [0.25, 0.3) is 0 Å². The Kier molecular flexibility index (Phi) is 4.95. The summed E-state index contributed by atoms with van der Waals surface area (Å²) in [5.41, 5.74) is 9.27. The summed E-state index contributed by atoms with van der Waals surface area (Å²) in [6, 6.07) is 15.1. The molecule has 0 fully saturated rings. The van der Waals surface area contributed by atoms with E-state index in [1.165, 1.54) is 0 Å². The van der Waals surface area contributed by atoms with Crippen molar-refractivity contribution in [3.63, 3.8) is 0 Å². The molecule has 21 heavy (non-hydrogen) atoms. The van der Waals surface area contributed by atoms with Gasteiger partial charge in [-0.2, -0.15) is 0 Å². The van der Waals surface area contributed by atoms with E-state index in [0.717, 1.165) is 22.4 Å². The van der Waals surface area contributed by atoms with Gasteiger partial charge in [0.15, 0.2) is 0 Å². The van der Waals surface area contributed by atoms with Crippen LogP contribution in [0, 0.1) is 13.8 Å². The van der Waals surface area contributed by atoms with E-state index < -0.39 is 6.10 Å². The SMILES string of the molecule is Cc1ccc(C)c(NNC(=O)CC(O)c2ccccc2)c1. The van der Waals surface area contributed by atoms with Gasteiger partial charge in [0, 0.05) is 0 Å². The number of hydrazine groups is 1. The van der Waals surface area contributed by atoms with Gasteiger partial charge in [-0.15, -0.1) is 0 Å². The fourth-order valence-corrected chi connectivity index (χ4v) is 2.03. The van der Waals surface area contributed by atoms with Crippen molar-refractivity contribution in [3.05, 3.63) is 65.2 Å². The summed E-state index contributed by atoms with van der Waals surface area (Å²) in [6.07, 6.45) is -0.784. The third-order valence-electron chi connectivity index (χ3n) is 3.29. The maximum Gasteiger partial charge on any atom is 0.241 e. The first-order valence-electron chi connectivity index (χ1n) is 6.91. The van der Waals surface area contributed by atoms with Gasteiger partial charge in [-0.3, -0.25) is 15.6 Å². The van der Waals surface area contributed by atoms with Crippen LogP contribution in [-0.2, 0) is 4.79 Å². The average Bonchev–Trinajstić information content (AvgIpc) is 2.49. The predicted octanol–water partition coefficient (Wildman–Crippen LogP) is 2.87. The number of aliphatic hydroxyl groups excluding tert-OH is 1. The monoisotopic (exact) mass is 284 g/mol. The molecule has 0 aliphatic heterocycles. The number of hydrogen-bond donors (Lipinski definition) is 3. The molecule has 2 aromatic carbocycles. The number of amides is 1. The van der Waals surface area contributed by atoms with E-state index in [1.54, 1.807) is 12.1 Å². The van der Waals surface area contributed by atoms with Crippen LogP contribution in [0.5, 0.6) is 0 Å². The second kappa shape index (κ2) is 6.90. The summed E-state index contributed by atoms with van der Waals surface area (Å²) >= 11 is 0. The topological polar surface area (TPSA) is 61.4 Å². The van der Waals surface area contributed by atoms with Gasteiger partial charge in [-0.25, -0.2) is 0 Å². The van der Waals surface area contributed by atoms with Crippen molar-refractivity contribution in [2.75, 3.05) is 5.43 Å². The lowest BCUT2D eigenvalue weighted by Crippen LogP contribution is -2.30. The number of carbonyl (C=O) groups is 1. The van der Waals surface area contributed by atoms with Gasteiger partial charge in [-0.05, 0) is 36.6 Å². The molecule has 0 bridgehead atoms. The first kappa shape index (κ1) is 15.1. The molecule has 110 valence electrons. The normalized spacial score (nSPS) is 11.8. The van der Waals surface area contributed by atoms with Crippen LogP contribution in [0.2, 0.25) is 0 Å². The highest BCUT2D eigenvalue weighted by atomic mass is 16.3. The molecule has 0 saturated carbocycles. The Hall–Kier alpha value is -2.33. The summed E-state index contributed by atoms with van der Waals surface area (Å²) < 4.78 is 0. The highest BCUT2D eigenvalue weighted by molar-refractivity contribution is 5.78. The lowest BCUT2D eigenvalue weighted by molar-refractivity contribution is -0.122. The highest BCUT2D eigenvalue weighted by Crippen LogP contribution is 2.17. The minimum absolute atomic E-state index is 0.0158. The number of anilines is 1. The van der Waals surface area contributed by atoms with Crippen LogP contribution in [-0.4, -0.2) is 11.0 Å². The molecule has 4 nitrogen and oxygen atoms in total. The van der Waals surface area contributed by atoms with Crippen molar-refractivity contribution in [1.82, 2.24) is 5.43 Å². The van der Waals surface area contributed by atoms with Crippen molar-refractivity contribution in [2.45, 2.75) is 26.4 Å². The van der Waals surface area contributed by atoms with Crippen molar-refractivity contribution in [3.8, 4) is 0 Å². The number of benzene rings is 2. The third-order valence-corrected chi connectivity index (χ3v) is 3.29. The van der Waals surface area contributed by atoms with E-state index in [9.17, 15) is 9.90 Å². The standard InChI is InChI=1S/C17H20N2O2/c1-12-8-9-13(2)15(10-12)18-19-17(21)11-16(20)14-6-4-3-5-7-14/h3-10,16,18,20H,11H2,1-2H3,(H,19,21). The van der Waals surface area contributed by atoms with Gasteiger partial charge >= 0.3 is 0 Å². The Morgan fingerprint density at radius 3 is 2.57 bits per heavy atom. The van der Waals surface area contributed by atoms with Crippen molar-refractivity contribution < 1.29 is 9.90 Å². The average molecular weight is 284 g/mol. The molecule has 0 saturated heterocycles. The van der Waals surface area contributed by atoms with Crippen LogP contribution in [0.3, 0.4) is 0 Å². The fraction of sp³-hybridized carbons (Fsp3) is 0.235. The molecular formula is C17H20N2O2. The Morgan fingerprint density at radius 2 is 1.86 bits per heavy atom. The van der Waals surface area contributed by atoms with E-state index in [-0.39, 0.29) is 12.3 Å². The fourth-order valence-electron chi connectivity index (χ4n) is 2.03. The van der Waals surface area contributed by atoms with Crippen molar-refractivity contribution in [2.24, 2.45) is 0 Å². The summed E-state index contributed by atoms with van der Waals surface area (Å²) in [5, 5.41) is 10.00. The van der Waals surface area contributed by atoms with Gasteiger partial charge < -0.3 is 5.11 Å². The van der Waals surface area contributed by atoms with Crippen LogP contribution < -0.4 is 10.9 Å². The molecule has 2 rings (SSSR count). The van der Waals surface area contributed by atoms with E-state index in [2.05, 4.69) is 10.9 Å². The predicted molar refractivity (Wildman–Crippen MR) is 83.7 cm³/mol. The molecular weight excluding hydrogens is 264 g/mol. The molecule has 3 N–H and O–H groups in total. The Balaban J connectivity index is 1.89. The van der Waals surface area contributed by atoms with E-state index in [1.807, 2.05) is 50.2 Å². The summed E-state index contributed by atoms with van der Waals surface area (Å²) in [6.45, 7) is 3.96. The largest absolute Gasteiger partial charge is 0.388 e. The van der Waals surface area contributed by atoms with Crippen LogP contribution in [0.15, 0.2) is 48.5 Å². The number of aryl methyl sites for hydroxylation is 2. The maximum atomic E-state index is 11.9. The molecule has 4 heteroatoms. The van der Waals surface area contributed by atoms with Gasteiger partial charge in [0.05, 0.1) is 18.2 Å². The molecule has 0 aromatic heterocycles. The van der Waals surface area contributed by atoms with E-state index in [0.29, 0.717) is 0 Å². The van der Waals surface area contributed by atoms with E-state index >= 15 is 0 Å². The molecule has 1 unspecified atom stereocenters. The Morgan fingerprint density at radius 1 is 1.14 bits per heavy atom. The third kappa shape index (κ3) is 4.33. The van der Waals surface area contributed by atoms with Crippen LogP contribution in [0.4, 0.5) is 5.69 Å². The molecule has 0 radical (unpaired) electrons. The molecule has 2 aromatic rings. The highest BCUT2D eigenvalue weighted by Gasteiger charge is 2.12. The molecule has 1 atom stereocenters. The maximum absolute atomic E-state index is 11.9. The van der Waals surface area contributed by atoms with Gasteiger partial charge in [0.2, 0.25) is 5.91 Å². The zero-order valence-electron chi connectivity index (χ0n) is 12.3. The number of hydrogen-bond acceptors (Lipinski definition) is 3. The number of rotatable bonds is 5. The summed E-state index contributed by atoms with van der Waals surface area (Å²) in [5.74, 6) is -0.257. The van der Waals surface area contributed by atoms with Gasteiger partial charge in [-0.1, -0.05) is 42.5 Å². The molecule has 0 aliphatic carbocycles. The number of carbonyl (C=O) groups excluding carboxylic acids is 1. The lowest BCUT2D eigenvalue weighted by atomic mass is 10.1. The molecule has 1 amide bonds. The summed E-state index contributed by atoms with van der Waals surface area (Å²) in [4.78, 5) is 11.9. The molecule has 0 heterocycles. The lowest BCUT2D eigenvalue weighted by Gasteiger charge is -2.14. The van der Waals surface area contributed by atoms with Crippen LogP contribution in [0.25, 0.3) is 0 Å². The van der Waals surface area contributed by atoms with E-state index in [4.69, 9.17) is 0 Å². The van der Waals surface area contributed by atoms with Crippen molar-refractivity contribution in [1.29, 1.82) is 0 Å². The zero-order chi connectivity index (χ0) is 15.2. The minimum atomic E-state index is -0.799. The van der Waals surface area contributed by atoms with Crippen LogP contribution >= 0.6 is 0 Å². The number of nitrogens with one attached hydrogen (secondary N) is 2. The molecule has 0 spiro atoms. The Bertz CT molecular complexity index is 611. The second-order valence-electron chi connectivity index (χ2n) is 5.12. The van der Waals surface area contributed by atoms with Gasteiger partial charge in [0.1, 0.15) is 0 Å². The van der Waals surface area contributed by atoms with Crippen molar-refractivity contribution >= 4 is 11.6 Å². The molecule has 0 aliphatic rings.